The average Bonchev–Trinajstić information content (AvgIpc) is 3.34. The summed E-state index contributed by atoms with van der Waals surface area (Å²) in [6.45, 7) is 13.2. The molecule has 0 aliphatic carbocycles. The van der Waals surface area contributed by atoms with E-state index in [0.29, 0.717) is 24.0 Å². The van der Waals surface area contributed by atoms with Gasteiger partial charge in [0, 0.05) is 31.0 Å². The minimum Gasteiger partial charge on any atom is -0.365 e. The van der Waals surface area contributed by atoms with Crippen molar-refractivity contribution in [2.75, 3.05) is 23.7 Å². The largest absolute Gasteiger partial charge is 0.365 e. The highest BCUT2D eigenvalue weighted by Gasteiger charge is 2.24. The minimum atomic E-state index is -0.119. The van der Waals surface area contributed by atoms with Crippen LogP contribution in [0.3, 0.4) is 0 Å². The first kappa shape index (κ1) is 20.8. The van der Waals surface area contributed by atoms with Gasteiger partial charge in [0.1, 0.15) is 5.82 Å². The summed E-state index contributed by atoms with van der Waals surface area (Å²) in [6, 6.07) is 0.0848. The molecule has 1 fully saturated rings. The number of aromatic amines is 1. The number of hydrogen-bond donors (Lipinski definition) is 3. The third-order valence-electron chi connectivity index (χ3n) is 5.37. The lowest BCUT2D eigenvalue weighted by molar-refractivity contribution is -0.127. The Morgan fingerprint density at radius 2 is 2.16 bits per heavy atom. The Kier molecular flexibility index (Phi) is 5.38. The number of nitrogens with zero attached hydrogens (tertiary/aromatic N) is 6. The van der Waals surface area contributed by atoms with Gasteiger partial charge in [-0.1, -0.05) is 6.58 Å². The van der Waals surface area contributed by atoms with Gasteiger partial charge >= 0.3 is 0 Å². The number of carbonyl (C=O) groups is 1. The first-order chi connectivity index (χ1) is 14.7. The second-order valence-electron chi connectivity index (χ2n) is 8.88. The third-order valence-corrected chi connectivity index (χ3v) is 5.37. The van der Waals surface area contributed by atoms with Gasteiger partial charge in [0.15, 0.2) is 5.65 Å². The highest BCUT2D eigenvalue weighted by Crippen LogP contribution is 2.27. The zero-order valence-corrected chi connectivity index (χ0v) is 18.4. The number of carbonyl (C=O) groups excluding carboxylic acids is 1. The van der Waals surface area contributed by atoms with Crippen LogP contribution in [0.2, 0.25) is 0 Å². The molecule has 3 aromatic rings. The number of aromatic nitrogens is 6. The van der Waals surface area contributed by atoms with E-state index in [-0.39, 0.29) is 17.5 Å². The van der Waals surface area contributed by atoms with Crippen molar-refractivity contribution in [1.29, 1.82) is 0 Å². The van der Waals surface area contributed by atoms with Crippen LogP contribution in [0, 0.1) is 6.92 Å². The van der Waals surface area contributed by atoms with E-state index in [1.807, 2.05) is 22.7 Å². The lowest BCUT2D eigenvalue weighted by Crippen LogP contribution is -2.44. The monoisotopic (exact) mass is 423 g/mol. The standard InChI is InChI=1S/C21H29N9O/c1-6-16(31)29-9-7-8-14(11-29)23-18-17-13(2)27-28-19(17)26-20(25-18)24-15-10-22-30(12-15)21(3,4)5/h6,10,12,14H,1,7-9,11H2,2-5H3,(H3,23,24,25,26,27,28). The van der Waals surface area contributed by atoms with Crippen LogP contribution in [0.1, 0.15) is 39.3 Å². The zero-order valence-electron chi connectivity index (χ0n) is 18.4. The molecule has 0 saturated carbocycles. The number of likely N-dealkylation sites (tertiary alicyclic amines) is 1. The van der Waals surface area contributed by atoms with Crippen molar-refractivity contribution in [2.24, 2.45) is 0 Å². The molecule has 4 rings (SSSR count). The number of H-pyrrole nitrogens is 1. The van der Waals surface area contributed by atoms with E-state index < -0.39 is 0 Å². The molecule has 3 N–H and O–H groups in total. The lowest BCUT2D eigenvalue weighted by atomic mass is 10.1. The zero-order chi connectivity index (χ0) is 22.2. The molecule has 1 atom stereocenters. The molecule has 31 heavy (non-hydrogen) atoms. The fraction of sp³-hybridized carbons (Fsp3) is 0.476. The Morgan fingerprint density at radius 1 is 1.35 bits per heavy atom. The first-order valence-electron chi connectivity index (χ1n) is 10.5. The fourth-order valence-electron chi connectivity index (χ4n) is 3.73. The molecule has 1 saturated heterocycles. The van der Waals surface area contributed by atoms with E-state index in [1.54, 1.807) is 6.20 Å². The van der Waals surface area contributed by atoms with Crippen LogP contribution in [0.4, 0.5) is 17.5 Å². The summed E-state index contributed by atoms with van der Waals surface area (Å²) in [6.07, 6.45) is 6.92. The Balaban J connectivity index is 1.60. The van der Waals surface area contributed by atoms with Gasteiger partial charge in [-0.15, -0.1) is 0 Å². The maximum Gasteiger partial charge on any atom is 0.246 e. The van der Waals surface area contributed by atoms with Gasteiger partial charge in [-0.3, -0.25) is 14.6 Å². The van der Waals surface area contributed by atoms with E-state index in [9.17, 15) is 4.79 Å². The summed E-state index contributed by atoms with van der Waals surface area (Å²) < 4.78 is 1.89. The van der Waals surface area contributed by atoms with E-state index >= 15 is 0 Å². The van der Waals surface area contributed by atoms with Gasteiger partial charge in [-0.05, 0) is 46.6 Å². The van der Waals surface area contributed by atoms with E-state index in [2.05, 4.69) is 58.3 Å². The molecule has 0 bridgehead atoms. The second-order valence-corrected chi connectivity index (χ2v) is 8.88. The van der Waals surface area contributed by atoms with E-state index in [0.717, 1.165) is 36.2 Å². The van der Waals surface area contributed by atoms with E-state index in [1.165, 1.54) is 6.08 Å². The molecular weight excluding hydrogens is 394 g/mol. The van der Waals surface area contributed by atoms with Gasteiger partial charge in [-0.2, -0.15) is 20.2 Å². The highest BCUT2D eigenvalue weighted by molar-refractivity contribution is 5.90. The summed E-state index contributed by atoms with van der Waals surface area (Å²) in [5.74, 6) is 1.08. The normalized spacial score (nSPS) is 17.0. The molecule has 1 amide bonds. The molecule has 0 spiro atoms. The molecule has 0 radical (unpaired) electrons. The highest BCUT2D eigenvalue weighted by atomic mass is 16.2. The van der Waals surface area contributed by atoms with Crippen LogP contribution in [-0.2, 0) is 10.3 Å². The third kappa shape index (κ3) is 4.37. The van der Waals surface area contributed by atoms with Crippen LogP contribution in [-0.4, -0.2) is 59.9 Å². The van der Waals surface area contributed by atoms with Gasteiger partial charge < -0.3 is 15.5 Å². The van der Waals surface area contributed by atoms with E-state index in [4.69, 9.17) is 4.98 Å². The maximum absolute atomic E-state index is 12.0. The van der Waals surface area contributed by atoms with Gasteiger partial charge in [-0.25, -0.2) is 0 Å². The van der Waals surface area contributed by atoms with Crippen molar-refractivity contribution in [2.45, 2.75) is 52.1 Å². The number of piperidine rings is 1. The predicted molar refractivity (Wildman–Crippen MR) is 120 cm³/mol. The number of anilines is 3. The summed E-state index contributed by atoms with van der Waals surface area (Å²) in [7, 11) is 0. The average molecular weight is 424 g/mol. The molecule has 0 aromatic carbocycles. The molecule has 1 unspecified atom stereocenters. The van der Waals surface area contributed by atoms with Gasteiger partial charge in [0.2, 0.25) is 11.9 Å². The summed E-state index contributed by atoms with van der Waals surface area (Å²) in [5.41, 5.74) is 2.15. The van der Waals surface area contributed by atoms with Crippen LogP contribution in [0.5, 0.6) is 0 Å². The Labute approximate surface area is 181 Å². The van der Waals surface area contributed by atoms with Gasteiger partial charge in [0.05, 0.1) is 22.8 Å². The summed E-state index contributed by atoms with van der Waals surface area (Å²) in [5, 5.41) is 19.3. The van der Waals surface area contributed by atoms with Crippen LogP contribution in [0.15, 0.2) is 25.0 Å². The summed E-state index contributed by atoms with van der Waals surface area (Å²) in [4.78, 5) is 23.1. The predicted octanol–water partition coefficient (Wildman–Crippen LogP) is 2.95. The smallest absolute Gasteiger partial charge is 0.246 e. The molecule has 10 nitrogen and oxygen atoms in total. The molecule has 1 aliphatic rings. The molecule has 1 aliphatic heterocycles. The number of aryl methyl sites for hydroxylation is 1. The summed E-state index contributed by atoms with van der Waals surface area (Å²) >= 11 is 0. The van der Waals surface area contributed by atoms with Crippen molar-refractivity contribution in [3.63, 3.8) is 0 Å². The number of nitrogens with one attached hydrogen (secondary N) is 3. The molecule has 4 heterocycles. The Morgan fingerprint density at radius 3 is 2.87 bits per heavy atom. The van der Waals surface area contributed by atoms with Crippen molar-refractivity contribution in [3.05, 3.63) is 30.7 Å². The first-order valence-corrected chi connectivity index (χ1v) is 10.5. The van der Waals surface area contributed by atoms with Gasteiger partial charge in [0.25, 0.3) is 0 Å². The SMILES string of the molecule is C=CC(=O)N1CCCC(Nc2nc(Nc3cnn(C(C)(C)C)c3)nc3n[nH]c(C)c23)C1. The second kappa shape index (κ2) is 8.01. The molecule has 10 heteroatoms. The fourth-order valence-corrected chi connectivity index (χ4v) is 3.73. The molecule has 3 aromatic heterocycles. The van der Waals surface area contributed by atoms with Crippen molar-refractivity contribution >= 4 is 34.4 Å². The lowest BCUT2D eigenvalue weighted by Gasteiger charge is -2.33. The molecule has 164 valence electrons. The topological polar surface area (TPSA) is 117 Å². The maximum atomic E-state index is 12.0. The molecular formula is C21H29N9O. The van der Waals surface area contributed by atoms with Crippen LogP contribution in [0.25, 0.3) is 11.0 Å². The van der Waals surface area contributed by atoms with Crippen molar-refractivity contribution in [3.8, 4) is 0 Å². The van der Waals surface area contributed by atoms with Crippen molar-refractivity contribution in [1.82, 2.24) is 34.8 Å². The Hall–Kier alpha value is -3.43. The quantitative estimate of drug-likeness (QED) is 0.540. The number of fused-ring (bicyclic) bond motifs is 1. The van der Waals surface area contributed by atoms with Crippen LogP contribution >= 0.6 is 0 Å². The number of amides is 1. The Bertz CT molecular complexity index is 1110. The van der Waals surface area contributed by atoms with Crippen LogP contribution < -0.4 is 10.6 Å². The van der Waals surface area contributed by atoms with Crippen molar-refractivity contribution < 1.29 is 4.79 Å². The number of rotatable bonds is 5. The number of hydrogen-bond acceptors (Lipinski definition) is 7. The minimum absolute atomic E-state index is 0.0444.